The Balaban J connectivity index is 1.77. The Morgan fingerprint density at radius 1 is 1.33 bits per heavy atom. The maximum atomic E-state index is 11.5. The summed E-state index contributed by atoms with van der Waals surface area (Å²) in [5.74, 6) is 0.708. The van der Waals surface area contributed by atoms with E-state index in [9.17, 15) is 4.79 Å². The van der Waals surface area contributed by atoms with Crippen LogP contribution in [0.5, 0.6) is 0 Å². The number of carbonyl (C=O) groups excluding carboxylic acids is 1. The molecule has 0 unspecified atom stereocenters. The monoisotopic (exact) mass is 307 g/mol. The average Bonchev–Trinajstić information content (AvgIpc) is 2.94. The standard InChI is InChI=1S/C14H17N3O3S/c1-19-8-7-15-12(18)10-21-14-17-16-13(20-14)9-11-5-3-2-4-6-11/h2-6H,7-10H2,1H3,(H,15,18). The topological polar surface area (TPSA) is 77.2 Å². The number of hydrogen-bond acceptors (Lipinski definition) is 6. The molecule has 1 amide bonds. The van der Waals surface area contributed by atoms with Gasteiger partial charge in [0.2, 0.25) is 11.8 Å². The van der Waals surface area contributed by atoms with Crippen molar-refractivity contribution in [2.24, 2.45) is 0 Å². The number of thioether (sulfide) groups is 1. The molecular formula is C14H17N3O3S. The molecule has 112 valence electrons. The van der Waals surface area contributed by atoms with Crippen molar-refractivity contribution < 1.29 is 13.9 Å². The van der Waals surface area contributed by atoms with Crippen LogP contribution < -0.4 is 5.32 Å². The maximum Gasteiger partial charge on any atom is 0.277 e. The summed E-state index contributed by atoms with van der Waals surface area (Å²) in [6.07, 6.45) is 0.592. The molecule has 0 saturated heterocycles. The van der Waals surface area contributed by atoms with Crippen LogP contribution >= 0.6 is 11.8 Å². The predicted molar refractivity (Wildman–Crippen MR) is 79.2 cm³/mol. The minimum atomic E-state index is -0.0835. The summed E-state index contributed by atoms with van der Waals surface area (Å²) in [4.78, 5) is 11.5. The molecule has 0 bridgehead atoms. The van der Waals surface area contributed by atoms with E-state index in [0.29, 0.717) is 30.7 Å². The Kier molecular flexibility index (Phi) is 6.23. The highest BCUT2D eigenvalue weighted by Gasteiger charge is 2.09. The first-order chi connectivity index (χ1) is 10.3. The Bertz CT molecular complexity index is 560. The van der Waals surface area contributed by atoms with Crippen molar-refractivity contribution in [3.05, 3.63) is 41.8 Å². The molecule has 2 rings (SSSR count). The molecule has 1 aromatic heterocycles. The van der Waals surface area contributed by atoms with Gasteiger partial charge in [0.1, 0.15) is 0 Å². The molecule has 2 aromatic rings. The van der Waals surface area contributed by atoms with Crippen LogP contribution in [0.2, 0.25) is 0 Å². The van der Waals surface area contributed by atoms with Gasteiger partial charge in [-0.2, -0.15) is 0 Å². The van der Waals surface area contributed by atoms with Gasteiger partial charge in [0.15, 0.2) is 0 Å². The zero-order valence-electron chi connectivity index (χ0n) is 11.7. The molecule has 0 aliphatic rings. The fourth-order valence-electron chi connectivity index (χ4n) is 1.61. The van der Waals surface area contributed by atoms with Crippen LogP contribution in [0, 0.1) is 0 Å². The van der Waals surface area contributed by atoms with Crippen LogP contribution in [0.25, 0.3) is 0 Å². The van der Waals surface area contributed by atoms with Gasteiger partial charge in [0, 0.05) is 13.7 Å². The number of methoxy groups -OCH3 is 1. The van der Waals surface area contributed by atoms with Gasteiger partial charge >= 0.3 is 0 Å². The van der Waals surface area contributed by atoms with Gasteiger partial charge in [-0.25, -0.2) is 0 Å². The van der Waals surface area contributed by atoms with E-state index in [1.807, 2.05) is 30.3 Å². The van der Waals surface area contributed by atoms with Gasteiger partial charge < -0.3 is 14.5 Å². The number of rotatable bonds is 8. The molecule has 0 atom stereocenters. The number of carbonyl (C=O) groups is 1. The first-order valence-corrected chi connectivity index (χ1v) is 7.51. The first kappa shape index (κ1) is 15.5. The highest BCUT2D eigenvalue weighted by atomic mass is 32.2. The highest BCUT2D eigenvalue weighted by molar-refractivity contribution is 7.99. The van der Waals surface area contributed by atoms with Crippen molar-refractivity contribution >= 4 is 17.7 Å². The molecule has 0 saturated carbocycles. The van der Waals surface area contributed by atoms with Crippen LogP contribution in [0.15, 0.2) is 40.0 Å². The number of aromatic nitrogens is 2. The molecule has 6 nitrogen and oxygen atoms in total. The van der Waals surface area contributed by atoms with E-state index in [0.717, 1.165) is 5.56 Å². The third kappa shape index (κ3) is 5.57. The molecule has 0 radical (unpaired) electrons. The summed E-state index contributed by atoms with van der Waals surface area (Å²) in [6, 6.07) is 9.89. The van der Waals surface area contributed by atoms with Crippen molar-refractivity contribution in [2.45, 2.75) is 11.6 Å². The largest absolute Gasteiger partial charge is 0.416 e. The maximum absolute atomic E-state index is 11.5. The van der Waals surface area contributed by atoms with E-state index in [1.54, 1.807) is 7.11 Å². The normalized spacial score (nSPS) is 10.5. The molecule has 1 heterocycles. The zero-order chi connectivity index (χ0) is 14.9. The van der Waals surface area contributed by atoms with Gasteiger partial charge in [0.05, 0.1) is 18.8 Å². The van der Waals surface area contributed by atoms with Crippen molar-refractivity contribution in [2.75, 3.05) is 26.0 Å². The quantitative estimate of drug-likeness (QED) is 0.588. The third-order valence-electron chi connectivity index (χ3n) is 2.60. The summed E-state index contributed by atoms with van der Waals surface area (Å²) in [7, 11) is 1.59. The number of nitrogens with one attached hydrogen (secondary N) is 1. The summed E-state index contributed by atoms with van der Waals surface area (Å²) in [6.45, 7) is 0.997. The van der Waals surface area contributed by atoms with Gasteiger partial charge in [-0.15, -0.1) is 10.2 Å². The lowest BCUT2D eigenvalue weighted by Gasteiger charge is -2.02. The Morgan fingerprint density at radius 3 is 2.90 bits per heavy atom. The Morgan fingerprint density at radius 2 is 2.14 bits per heavy atom. The Labute approximate surface area is 127 Å². The fourth-order valence-corrected chi connectivity index (χ4v) is 2.22. The molecular weight excluding hydrogens is 290 g/mol. The van der Waals surface area contributed by atoms with Crippen LogP contribution in [-0.2, 0) is 16.0 Å². The second-order valence-electron chi connectivity index (χ2n) is 4.26. The Hall–Kier alpha value is -1.86. The molecule has 0 aliphatic carbocycles. The van der Waals surface area contributed by atoms with Crippen LogP contribution in [-0.4, -0.2) is 42.1 Å². The molecule has 1 N–H and O–H groups in total. The molecule has 0 aliphatic heterocycles. The number of benzene rings is 1. The fraction of sp³-hybridized carbons (Fsp3) is 0.357. The van der Waals surface area contributed by atoms with E-state index >= 15 is 0 Å². The average molecular weight is 307 g/mol. The first-order valence-electron chi connectivity index (χ1n) is 6.52. The SMILES string of the molecule is COCCNC(=O)CSc1nnc(Cc2ccccc2)o1. The van der Waals surface area contributed by atoms with Gasteiger partial charge in [-0.3, -0.25) is 4.79 Å². The minimum Gasteiger partial charge on any atom is -0.416 e. The smallest absolute Gasteiger partial charge is 0.277 e. The lowest BCUT2D eigenvalue weighted by atomic mass is 10.2. The predicted octanol–water partition coefficient (Wildman–Crippen LogP) is 1.52. The van der Waals surface area contributed by atoms with Crippen LogP contribution in [0.3, 0.4) is 0 Å². The number of hydrogen-bond donors (Lipinski definition) is 1. The van der Waals surface area contributed by atoms with Crippen molar-refractivity contribution in [1.82, 2.24) is 15.5 Å². The zero-order valence-corrected chi connectivity index (χ0v) is 12.6. The van der Waals surface area contributed by atoms with Crippen molar-refractivity contribution in [1.29, 1.82) is 0 Å². The van der Waals surface area contributed by atoms with Crippen molar-refractivity contribution in [3.63, 3.8) is 0 Å². The lowest BCUT2D eigenvalue weighted by molar-refractivity contribution is -0.118. The minimum absolute atomic E-state index is 0.0835. The van der Waals surface area contributed by atoms with E-state index in [2.05, 4.69) is 15.5 Å². The van der Waals surface area contributed by atoms with Crippen LogP contribution in [0.4, 0.5) is 0 Å². The van der Waals surface area contributed by atoms with Crippen LogP contribution in [0.1, 0.15) is 11.5 Å². The number of amides is 1. The van der Waals surface area contributed by atoms with Gasteiger partial charge in [-0.1, -0.05) is 42.1 Å². The van der Waals surface area contributed by atoms with Crippen molar-refractivity contribution in [3.8, 4) is 0 Å². The summed E-state index contributed by atoms with van der Waals surface area (Å²) < 4.78 is 10.4. The second-order valence-corrected chi connectivity index (χ2v) is 5.18. The molecule has 0 fully saturated rings. The lowest BCUT2D eigenvalue weighted by Crippen LogP contribution is -2.28. The van der Waals surface area contributed by atoms with E-state index in [4.69, 9.17) is 9.15 Å². The molecule has 21 heavy (non-hydrogen) atoms. The number of nitrogens with zero attached hydrogens (tertiary/aromatic N) is 2. The highest BCUT2D eigenvalue weighted by Crippen LogP contribution is 2.17. The van der Waals surface area contributed by atoms with Gasteiger partial charge in [-0.05, 0) is 5.56 Å². The summed E-state index contributed by atoms with van der Waals surface area (Å²) in [5, 5.41) is 11.0. The van der Waals surface area contributed by atoms with E-state index in [-0.39, 0.29) is 11.7 Å². The molecule has 1 aromatic carbocycles. The van der Waals surface area contributed by atoms with Gasteiger partial charge in [0.25, 0.3) is 5.22 Å². The summed E-state index contributed by atoms with van der Waals surface area (Å²) >= 11 is 1.22. The molecule has 7 heteroatoms. The van der Waals surface area contributed by atoms with E-state index < -0.39 is 0 Å². The third-order valence-corrected chi connectivity index (χ3v) is 3.42. The van der Waals surface area contributed by atoms with E-state index in [1.165, 1.54) is 11.8 Å². The second kappa shape index (κ2) is 8.43. The summed E-state index contributed by atoms with van der Waals surface area (Å²) in [5.41, 5.74) is 1.11. The molecule has 0 spiro atoms. The number of ether oxygens (including phenoxy) is 1.